The molecule has 0 spiro atoms. The van der Waals surface area contributed by atoms with Crippen LogP contribution in [0, 0.1) is 5.92 Å². The number of alkyl carbamates (subject to hydrolysis) is 1. The minimum absolute atomic E-state index is 0.0684. The Bertz CT molecular complexity index is 357. The monoisotopic (exact) mass is 298 g/mol. The first kappa shape index (κ1) is 17.8. The van der Waals surface area contributed by atoms with Crippen molar-refractivity contribution in [1.29, 1.82) is 0 Å². The zero-order valence-electron chi connectivity index (χ0n) is 14.0. The molecule has 1 fully saturated rings. The summed E-state index contributed by atoms with van der Waals surface area (Å²) in [7, 11) is 0. The Balaban J connectivity index is 2.61. The number of ether oxygens (including phenoxy) is 1. The van der Waals surface area contributed by atoms with Gasteiger partial charge in [0.15, 0.2) is 0 Å². The molecule has 0 aliphatic heterocycles. The van der Waals surface area contributed by atoms with Gasteiger partial charge < -0.3 is 15.4 Å². The Morgan fingerprint density at radius 2 is 1.81 bits per heavy atom. The van der Waals surface area contributed by atoms with Crippen molar-refractivity contribution >= 4 is 12.0 Å². The van der Waals surface area contributed by atoms with Crippen molar-refractivity contribution in [1.82, 2.24) is 10.6 Å². The second-order valence-electron chi connectivity index (χ2n) is 7.00. The van der Waals surface area contributed by atoms with Crippen molar-refractivity contribution in [3.05, 3.63) is 0 Å². The molecule has 122 valence electrons. The summed E-state index contributed by atoms with van der Waals surface area (Å²) in [4.78, 5) is 24.3. The van der Waals surface area contributed by atoms with Crippen LogP contribution in [0.3, 0.4) is 0 Å². The van der Waals surface area contributed by atoms with Gasteiger partial charge in [-0.2, -0.15) is 0 Å². The Hall–Kier alpha value is -1.26. The van der Waals surface area contributed by atoms with E-state index in [1.807, 2.05) is 34.6 Å². The molecule has 0 unspecified atom stereocenters. The van der Waals surface area contributed by atoms with E-state index in [-0.39, 0.29) is 17.9 Å². The lowest BCUT2D eigenvalue weighted by Gasteiger charge is -2.27. The molecule has 0 saturated heterocycles. The maximum Gasteiger partial charge on any atom is 0.408 e. The van der Waals surface area contributed by atoms with Crippen molar-refractivity contribution in [3.8, 4) is 0 Å². The molecule has 1 saturated carbocycles. The van der Waals surface area contributed by atoms with Gasteiger partial charge in [0.1, 0.15) is 11.6 Å². The fraction of sp³-hybridized carbons (Fsp3) is 0.875. The molecule has 0 heterocycles. The molecule has 0 radical (unpaired) electrons. The van der Waals surface area contributed by atoms with Crippen LogP contribution >= 0.6 is 0 Å². The second-order valence-corrected chi connectivity index (χ2v) is 7.00. The lowest BCUT2D eigenvalue weighted by molar-refractivity contribution is -0.125. The number of hydrogen-bond acceptors (Lipinski definition) is 3. The summed E-state index contributed by atoms with van der Waals surface area (Å²) in [5, 5.41) is 5.78. The van der Waals surface area contributed by atoms with Crippen LogP contribution in [0.5, 0.6) is 0 Å². The van der Waals surface area contributed by atoms with Crippen molar-refractivity contribution in [2.24, 2.45) is 5.92 Å². The van der Waals surface area contributed by atoms with Gasteiger partial charge in [-0.1, -0.05) is 33.1 Å². The fourth-order valence-electron chi connectivity index (χ4n) is 2.50. The molecule has 0 aromatic carbocycles. The van der Waals surface area contributed by atoms with E-state index in [2.05, 4.69) is 10.6 Å². The smallest absolute Gasteiger partial charge is 0.408 e. The van der Waals surface area contributed by atoms with Crippen molar-refractivity contribution in [3.63, 3.8) is 0 Å². The molecule has 5 nitrogen and oxygen atoms in total. The van der Waals surface area contributed by atoms with Crippen molar-refractivity contribution in [2.75, 3.05) is 0 Å². The number of carbonyl (C=O) groups excluding carboxylic acids is 2. The largest absolute Gasteiger partial charge is 0.444 e. The van der Waals surface area contributed by atoms with E-state index in [4.69, 9.17) is 4.74 Å². The van der Waals surface area contributed by atoms with Gasteiger partial charge >= 0.3 is 6.09 Å². The van der Waals surface area contributed by atoms with E-state index in [1.54, 1.807) is 0 Å². The molecule has 1 aliphatic rings. The first-order valence-corrected chi connectivity index (χ1v) is 8.03. The van der Waals surface area contributed by atoms with Gasteiger partial charge in [-0.05, 0) is 39.5 Å². The minimum Gasteiger partial charge on any atom is -0.444 e. The molecule has 5 heteroatoms. The highest BCUT2D eigenvalue weighted by atomic mass is 16.6. The summed E-state index contributed by atoms with van der Waals surface area (Å²) in [6.45, 7) is 9.41. The van der Waals surface area contributed by atoms with E-state index in [1.165, 1.54) is 12.8 Å². The maximum absolute atomic E-state index is 12.4. The van der Waals surface area contributed by atoms with Crippen LogP contribution in [0.1, 0.15) is 66.7 Å². The number of hydrogen-bond donors (Lipinski definition) is 2. The number of nitrogens with one attached hydrogen (secondary N) is 2. The third kappa shape index (κ3) is 6.36. The van der Waals surface area contributed by atoms with Crippen LogP contribution in [0.4, 0.5) is 4.79 Å². The SMILES string of the molecule is CC[C@@H](C)[C@H](NC(=O)OC(C)(C)C)C(=O)NC1CCCC1. The van der Waals surface area contributed by atoms with Gasteiger partial charge in [-0.3, -0.25) is 4.79 Å². The quantitative estimate of drug-likeness (QED) is 0.820. The van der Waals surface area contributed by atoms with Crippen LogP contribution in [0.25, 0.3) is 0 Å². The Kier molecular flexibility index (Phi) is 6.49. The molecule has 1 rings (SSSR count). The lowest BCUT2D eigenvalue weighted by Crippen LogP contribution is -2.53. The normalized spacial score (nSPS) is 18.9. The van der Waals surface area contributed by atoms with E-state index >= 15 is 0 Å². The van der Waals surface area contributed by atoms with Gasteiger partial charge in [0, 0.05) is 6.04 Å². The van der Waals surface area contributed by atoms with Crippen LogP contribution in [-0.2, 0) is 9.53 Å². The van der Waals surface area contributed by atoms with Gasteiger partial charge in [-0.15, -0.1) is 0 Å². The number of amides is 2. The average Bonchev–Trinajstić information content (AvgIpc) is 2.85. The zero-order chi connectivity index (χ0) is 16.0. The molecule has 0 bridgehead atoms. The summed E-state index contributed by atoms with van der Waals surface area (Å²) in [5.41, 5.74) is -0.563. The molecule has 0 aromatic rings. The van der Waals surface area contributed by atoms with E-state index < -0.39 is 17.7 Å². The molecule has 2 atom stereocenters. The van der Waals surface area contributed by atoms with Crippen LogP contribution < -0.4 is 10.6 Å². The van der Waals surface area contributed by atoms with Crippen LogP contribution in [0.2, 0.25) is 0 Å². The first-order chi connectivity index (χ1) is 9.73. The van der Waals surface area contributed by atoms with Gasteiger partial charge in [0.05, 0.1) is 0 Å². The molecular formula is C16H30N2O3. The fourth-order valence-corrected chi connectivity index (χ4v) is 2.50. The van der Waals surface area contributed by atoms with Crippen LogP contribution in [-0.4, -0.2) is 29.7 Å². The summed E-state index contributed by atoms with van der Waals surface area (Å²) >= 11 is 0. The van der Waals surface area contributed by atoms with Crippen molar-refractivity contribution < 1.29 is 14.3 Å². The molecule has 2 N–H and O–H groups in total. The highest BCUT2D eigenvalue weighted by Gasteiger charge is 2.30. The second kappa shape index (κ2) is 7.66. The van der Waals surface area contributed by atoms with E-state index in [0.29, 0.717) is 0 Å². The first-order valence-electron chi connectivity index (χ1n) is 8.03. The number of carbonyl (C=O) groups is 2. The summed E-state index contributed by atoms with van der Waals surface area (Å²) < 4.78 is 5.25. The lowest BCUT2D eigenvalue weighted by atomic mass is 9.98. The molecule has 0 aromatic heterocycles. The highest BCUT2D eigenvalue weighted by Crippen LogP contribution is 2.18. The van der Waals surface area contributed by atoms with Gasteiger partial charge in [0.25, 0.3) is 0 Å². The average molecular weight is 298 g/mol. The Labute approximate surface area is 128 Å². The predicted octanol–water partition coefficient (Wildman–Crippen LogP) is 2.98. The third-order valence-corrected chi connectivity index (χ3v) is 3.87. The van der Waals surface area contributed by atoms with E-state index in [0.717, 1.165) is 19.3 Å². The molecule has 21 heavy (non-hydrogen) atoms. The van der Waals surface area contributed by atoms with Gasteiger partial charge in [0.2, 0.25) is 5.91 Å². The maximum atomic E-state index is 12.4. The summed E-state index contributed by atoms with van der Waals surface area (Å²) in [6, 6.07) is -0.282. The number of rotatable bonds is 5. The topological polar surface area (TPSA) is 67.4 Å². The molecule has 2 amide bonds. The third-order valence-electron chi connectivity index (χ3n) is 3.87. The van der Waals surface area contributed by atoms with E-state index in [9.17, 15) is 9.59 Å². The summed E-state index contributed by atoms with van der Waals surface area (Å²) in [6.07, 6.45) is 4.68. The predicted molar refractivity (Wildman–Crippen MR) is 83.0 cm³/mol. The highest BCUT2D eigenvalue weighted by molar-refractivity contribution is 5.86. The summed E-state index contributed by atoms with van der Waals surface area (Å²) in [5.74, 6) is -0.0268. The van der Waals surface area contributed by atoms with Crippen LogP contribution in [0.15, 0.2) is 0 Å². The minimum atomic E-state index is -0.563. The zero-order valence-corrected chi connectivity index (χ0v) is 14.0. The Morgan fingerprint density at radius 1 is 1.24 bits per heavy atom. The van der Waals surface area contributed by atoms with Crippen molar-refractivity contribution in [2.45, 2.75) is 84.4 Å². The standard InChI is InChI=1S/C16H30N2O3/c1-6-11(2)13(18-15(20)21-16(3,4)5)14(19)17-12-9-7-8-10-12/h11-13H,6-10H2,1-5H3,(H,17,19)(H,18,20)/t11-,13+/m1/s1. The van der Waals surface area contributed by atoms with Gasteiger partial charge in [-0.25, -0.2) is 4.79 Å². The molecular weight excluding hydrogens is 268 g/mol. The molecule has 1 aliphatic carbocycles. The Morgan fingerprint density at radius 3 is 2.29 bits per heavy atom.